The van der Waals surface area contributed by atoms with E-state index in [1.165, 1.54) is 5.56 Å². The van der Waals surface area contributed by atoms with Gasteiger partial charge in [-0.3, -0.25) is 0 Å². The molecule has 2 nitrogen and oxygen atoms in total. The van der Waals surface area contributed by atoms with Crippen LogP contribution in [0.3, 0.4) is 0 Å². The number of aryl methyl sites for hydroxylation is 1. The number of benzene rings is 1. The van der Waals surface area contributed by atoms with Crippen molar-refractivity contribution in [2.24, 2.45) is 0 Å². The second-order valence-electron chi connectivity index (χ2n) is 6.18. The highest BCUT2D eigenvalue weighted by Crippen LogP contribution is 2.27. The third-order valence-electron chi connectivity index (χ3n) is 3.38. The Balaban J connectivity index is 2.42. The van der Waals surface area contributed by atoms with Gasteiger partial charge in [0, 0.05) is 5.56 Å². The Morgan fingerprint density at radius 2 is 1.71 bits per heavy atom. The summed E-state index contributed by atoms with van der Waals surface area (Å²) in [6, 6.07) is 8.44. The van der Waals surface area contributed by atoms with E-state index in [-0.39, 0.29) is 5.41 Å². The number of nitrogens with zero attached hydrogens (tertiary/aromatic N) is 2. The quantitative estimate of drug-likeness (QED) is 0.479. The van der Waals surface area contributed by atoms with Crippen LogP contribution in [-0.4, -0.2) is 9.97 Å². The zero-order chi connectivity index (χ0) is 15.6. The lowest BCUT2D eigenvalue weighted by Gasteiger charge is -2.19. The third kappa shape index (κ3) is 3.95. The Hall–Kier alpha value is -0.680. The van der Waals surface area contributed by atoms with E-state index in [4.69, 9.17) is 11.6 Å². The molecule has 0 unspecified atom stereocenters. The van der Waals surface area contributed by atoms with Crippen molar-refractivity contribution in [2.45, 2.75) is 46.0 Å². The van der Waals surface area contributed by atoms with Crippen LogP contribution >= 0.6 is 34.2 Å². The van der Waals surface area contributed by atoms with Crippen LogP contribution in [0.15, 0.2) is 24.3 Å². The van der Waals surface area contributed by atoms with Crippen molar-refractivity contribution < 1.29 is 0 Å². The minimum atomic E-state index is 0.149. The van der Waals surface area contributed by atoms with E-state index >= 15 is 0 Å². The van der Waals surface area contributed by atoms with Gasteiger partial charge in [-0.25, -0.2) is 9.97 Å². The predicted octanol–water partition coefficient (Wildman–Crippen LogP) is 5.65. The van der Waals surface area contributed by atoms with Gasteiger partial charge in [-0.2, -0.15) is 0 Å². The van der Waals surface area contributed by atoms with E-state index in [2.05, 4.69) is 84.5 Å². The topological polar surface area (TPSA) is 25.8 Å². The third-order valence-corrected chi connectivity index (χ3v) is 5.10. The highest BCUT2D eigenvalue weighted by Gasteiger charge is 2.15. The maximum absolute atomic E-state index is 6.25. The molecule has 112 valence electrons. The molecule has 0 amide bonds. The normalized spacial score (nSPS) is 11.7. The Kier molecular flexibility index (Phi) is 5.25. The molecule has 4 heteroatoms. The smallest absolute Gasteiger partial charge is 0.161 e. The van der Waals surface area contributed by atoms with Gasteiger partial charge in [0.15, 0.2) is 5.82 Å². The number of halogens is 2. The number of aromatic nitrogens is 2. The average Bonchev–Trinajstić information content (AvgIpc) is 2.43. The van der Waals surface area contributed by atoms with Gasteiger partial charge in [-0.15, -0.1) is 0 Å². The molecular weight excluding hydrogens is 395 g/mol. The van der Waals surface area contributed by atoms with Gasteiger partial charge in [0.1, 0.15) is 5.15 Å². The molecule has 0 aliphatic rings. The summed E-state index contributed by atoms with van der Waals surface area (Å²) in [5.41, 5.74) is 3.50. The molecule has 1 aromatic heterocycles. The SMILES string of the molecule is CCCc1nc(-c2ccc(C(C)(C)C)cc2)nc(Cl)c1I. The van der Waals surface area contributed by atoms with Gasteiger partial charge in [0.05, 0.1) is 9.26 Å². The summed E-state index contributed by atoms with van der Waals surface area (Å²) in [6.45, 7) is 8.77. The summed E-state index contributed by atoms with van der Waals surface area (Å²) in [7, 11) is 0. The second-order valence-corrected chi connectivity index (χ2v) is 7.61. The molecule has 0 spiro atoms. The van der Waals surface area contributed by atoms with E-state index in [0.717, 1.165) is 27.7 Å². The van der Waals surface area contributed by atoms with Gasteiger partial charge in [-0.1, -0.05) is 70.0 Å². The monoisotopic (exact) mass is 414 g/mol. The van der Waals surface area contributed by atoms with Crippen molar-refractivity contribution >= 4 is 34.2 Å². The first kappa shape index (κ1) is 16.7. The molecule has 0 saturated heterocycles. The fourth-order valence-corrected chi connectivity index (χ4v) is 2.81. The summed E-state index contributed by atoms with van der Waals surface area (Å²) in [5, 5.41) is 0.545. The molecule has 0 aliphatic carbocycles. The lowest BCUT2D eigenvalue weighted by molar-refractivity contribution is 0.590. The molecule has 0 saturated carbocycles. The summed E-state index contributed by atoms with van der Waals surface area (Å²) < 4.78 is 0.964. The first-order chi connectivity index (χ1) is 9.82. The lowest BCUT2D eigenvalue weighted by atomic mass is 9.87. The molecule has 2 aromatic rings. The molecule has 1 heterocycles. The van der Waals surface area contributed by atoms with Crippen LogP contribution in [0, 0.1) is 3.57 Å². The van der Waals surface area contributed by atoms with E-state index in [1.54, 1.807) is 0 Å². The Labute approximate surface area is 145 Å². The zero-order valence-corrected chi connectivity index (χ0v) is 15.8. The Morgan fingerprint density at radius 3 is 2.24 bits per heavy atom. The van der Waals surface area contributed by atoms with E-state index in [9.17, 15) is 0 Å². The maximum atomic E-state index is 6.25. The van der Waals surface area contributed by atoms with Crippen LogP contribution in [-0.2, 0) is 11.8 Å². The van der Waals surface area contributed by atoms with Crippen molar-refractivity contribution in [3.8, 4) is 11.4 Å². The van der Waals surface area contributed by atoms with Crippen molar-refractivity contribution in [3.05, 3.63) is 44.2 Å². The van der Waals surface area contributed by atoms with E-state index in [0.29, 0.717) is 11.0 Å². The predicted molar refractivity (Wildman–Crippen MR) is 97.9 cm³/mol. The van der Waals surface area contributed by atoms with Crippen LogP contribution in [0.4, 0.5) is 0 Å². The molecule has 2 rings (SSSR count). The standard InChI is InChI=1S/C17H20ClIN2/c1-5-6-13-14(19)15(18)21-16(20-13)11-7-9-12(10-8-11)17(2,3)4/h7-10H,5-6H2,1-4H3. The minimum Gasteiger partial charge on any atom is -0.232 e. The van der Waals surface area contributed by atoms with Gasteiger partial charge in [0.2, 0.25) is 0 Å². The largest absolute Gasteiger partial charge is 0.232 e. The first-order valence-corrected chi connectivity index (χ1v) is 8.61. The van der Waals surface area contributed by atoms with Gasteiger partial charge in [0.25, 0.3) is 0 Å². The van der Waals surface area contributed by atoms with Gasteiger partial charge >= 0.3 is 0 Å². The van der Waals surface area contributed by atoms with Crippen molar-refractivity contribution in [2.75, 3.05) is 0 Å². The van der Waals surface area contributed by atoms with Gasteiger partial charge in [-0.05, 0) is 40.0 Å². The summed E-state index contributed by atoms with van der Waals surface area (Å²) >= 11 is 8.47. The van der Waals surface area contributed by atoms with Gasteiger partial charge < -0.3 is 0 Å². The maximum Gasteiger partial charge on any atom is 0.161 e. The molecule has 0 atom stereocenters. The van der Waals surface area contributed by atoms with Crippen molar-refractivity contribution in [1.29, 1.82) is 0 Å². The molecule has 0 radical (unpaired) electrons. The lowest BCUT2D eigenvalue weighted by Crippen LogP contribution is -2.10. The molecule has 0 aliphatic heterocycles. The zero-order valence-electron chi connectivity index (χ0n) is 12.9. The fourth-order valence-electron chi connectivity index (χ4n) is 2.11. The Bertz CT molecular complexity index is 630. The first-order valence-electron chi connectivity index (χ1n) is 7.15. The van der Waals surface area contributed by atoms with Crippen LogP contribution in [0.5, 0.6) is 0 Å². The van der Waals surface area contributed by atoms with Crippen LogP contribution in [0.2, 0.25) is 5.15 Å². The van der Waals surface area contributed by atoms with E-state index < -0.39 is 0 Å². The number of hydrogen-bond donors (Lipinski definition) is 0. The summed E-state index contributed by atoms with van der Waals surface area (Å²) in [4.78, 5) is 9.11. The summed E-state index contributed by atoms with van der Waals surface area (Å²) in [5.74, 6) is 0.712. The fraction of sp³-hybridized carbons (Fsp3) is 0.412. The summed E-state index contributed by atoms with van der Waals surface area (Å²) in [6.07, 6.45) is 1.97. The number of rotatable bonds is 3. The molecule has 1 aromatic carbocycles. The van der Waals surface area contributed by atoms with Crippen molar-refractivity contribution in [3.63, 3.8) is 0 Å². The van der Waals surface area contributed by atoms with Crippen LogP contribution in [0.1, 0.15) is 45.4 Å². The second kappa shape index (κ2) is 6.61. The highest BCUT2D eigenvalue weighted by molar-refractivity contribution is 14.1. The average molecular weight is 415 g/mol. The molecule has 0 N–H and O–H groups in total. The number of hydrogen-bond acceptors (Lipinski definition) is 2. The van der Waals surface area contributed by atoms with E-state index in [1.807, 2.05) is 0 Å². The molecule has 0 bridgehead atoms. The molecular formula is C17H20ClIN2. The highest BCUT2D eigenvalue weighted by atomic mass is 127. The Morgan fingerprint density at radius 1 is 1.10 bits per heavy atom. The van der Waals surface area contributed by atoms with Crippen molar-refractivity contribution in [1.82, 2.24) is 9.97 Å². The van der Waals surface area contributed by atoms with Crippen LogP contribution < -0.4 is 0 Å². The minimum absolute atomic E-state index is 0.149. The molecule has 21 heavy (non-hydrogen) atoms. The van der Waals surface area contributed by atoms with Crippen LogP contribution in [0.25, 0.3) is 11.4 Å². The molecule has 0 fully saturated rings.